The van der Waals surface area contributed by atoms with Crippen molar-refractivity contribution in [1.29, 1.82) is 5.26 Å². The molecule has 4 nitrogen and oxygen atoms in total. The first-order chi connectivity index (χ1) is 9.03. The number of nitrogens with zero attached hydrogens (tertiary/aromatic N) is 2. The van der Waals surface area contributed by atoms with E-state index in [9.17, 15) is 13.6 Å². The van der Waals surface area contributed by atoms with Crippen LogP contribution >= 0.6 is 15.9 Å². The maximum Gasteiger partial charge on any atom is 0.310 e. The number of ether oxygens (including phenoxy) is 1. The van der Waals surface area contributed by atoms with E-state index in [1.54, 1.807) is 13.0 Å². The molecular weight excluding hydrogens is 322 g/mol. The fraction of sp³-hybridized carbons (Fsp3) is 0.417. The lowest BCUT2D eigenvalue weighted by atomic mass is 10.0. The molecule has 0 atom stereocenters. The molecule has 0 aliphatic heterocycles. The molecule has 7 heteroatoms. The van der Waals surface area contributed by atoms with Crippen LogP contribution in [0.1, 0.15) is 35.9 Å². The van der Waals surface area contributed by atoms with Crippen LogP contribution in [-0.4, -0.2) is 17.6 Å². The number of pyridine rings is 1. The molecule has 0 fully saturated rings. The fourth-order valence-corrected chi connectivity index (χ4v) is 2.03. The average Bonchev–Trinajstić information content (AvgIpc) is 2.38. The summed E-state index contributed by atoms with van der Waals surface area (Å²) in [6, 6.07) is 2.73. The van der Waals surface area contributed by atoms with E-state index >= 15 is 0 Å². The summed E-state index contributed by atoms with van der Waals surface area (Å²) in [4.78, 5) is 15.4. The summed E-state index contributed by atoms with van der Waals surface area (Å²) in [5.74, 6) is -0.599. The molecule has 1 heterocycles. The van der Waals surface area contributed by atoms with Crippen molar-refractivity contribution in [2.24, 2.45) is 0 Å². The highest BCUT2D eigenvalue weighted by atomic mass is 79.9. The molecule has 0 aromatic carbocycles. The maximum atomic E-state index is 13.0. The molecule has 0 saturated carbocycles. The quantitative estimate of drug-likeness (QED) is 0.614. The molecule has 1 rings (SSSR count). The topological polar surface area (TPSA) is 63.0 Å². The van der Waals surface area contributed by atoms with Gasteiger partial charge in [-0.15, -0.1) is 0 Å². The highest BCUT2D eigenvalue weighted by molar-refractivity contribution is 9.08. The van der Waals surface area contributed by atoms with Gasteiger partial charge in [0.25, 0.3) is 6.43 Å². The first kappa shape index (κ1) is 15.5. The van der Waals surface area contributed by atoms with Crippen LogP contribution in [-0.2, 0) is 21.3 Å². The predicted octanol–water partition coefficient (Wildman–Crippen LogP) is 2.89. The maximum absolute atomic E-state index is 13.0. The second-order valence-corrected chi connectivity index (χ2v) is 4.11. The molecule has 0 aliphatic carbocycles. The van der Waals surface area contributed by atoms with Crippen LogP contribution in [0.25, 0.3) is 0 Å². The van der Waals surface area contributed by atoms with Gasteiger partial charge in [-0.05, 0) is 18.6 Å². The zero-order valence-corrected chi connectivity index (χ0v) is 11.7. The molecule has 0 amide bonds. The van der Waals surface area contributed by atoms with Gasteiger partial charge in [-0.1, -0.05) is 15.9 Å². The summed E-state index contributed by atoms with van der Waals surface area (Å²) >= 11 is 3.11. The molecule has 102 valence electrons. The SMILES string of the molecule is CCOC(=O)Cc1c(C(F)F)cc(C#N)nc1CBr. The number of rotatable bonds is 5. The fourth-order valence-electron chi connectivity index (χ4n) is 1.57. The lowest BCUT2D eigenvalue weighted by Crippen LogP contribution is -2.13. The first-order valence-electron chi connectivity index (χ1n) is 5.46. The smallest absolute Gasteiger partial charge is 0.310 e. The summed E-state index contributed by atoms with van der Waals surface area (Å²) in [5, 5.41) is 8.93. The largest absolute Gasteiger partial charge is 0.466 e. The number of hydrogen-bond acceptors (Lipinski definition) is 4. The molecular formula is C12H11BrF2N2O2. The minimum absolute atomic E-state index is 0.0997. The molecule has 1 aromatic heterocycles. The van der Waals surface area contributed by atoms with Crippen molar-refractivity contribution in [3.8, 4) is 6.07 Å². The number of esters is 1. The van der Waals surface area contributed by atoms with Crippen molar-refractivity contribution >= 4 is 21.9 Å². The van der Waals surface area contributed by atoms with Crippen LogP contribution in [0.2, 0.25) is 0 Å². The third kappa shape index (κ3) is 3.96. The highest BCUT2D eigenvalue weighted by Crippen LogP contribution is 2.27. The molecule has 0 aliphatic rings. The minimum atomic E-state index is -2.78. The number of carbonyl (C=O) groups excluding carboxylic acids is 1. The van der Waals surface area contributed by atoms with E-state index in [-0.39, 0.29) is 40.9 Å². The molecule has 1 aromatic rings. The second kappa shape index (κ2) is 7.14. The lowest BCUT2D eigenvalue weighted by molar-refractivity contribution is -0.142. The van der Waals surface area contributed by atoms with E-state index < -0.39 is 12.4 Å². The van der Waals surface area contributed by atoms with Crippen molar-refractivity contribution in [3.05, 3.63) is 28.6 Å². The van der Waals surface area contributed by atoms with Gasteiger partial charge in [0.05, 0.1) is 18.7 Å². The summed E-state index contributed by atoms with van der Waals surface area (Å²) < 4.78 is 30.7. The van der Waals surface area contributed by atoms with E-state index in [0.717, 1.165) is 6.07 Å². The van der Waals surface area contributed by atoms with Gasteiger partial charge in [-0.25, -0.2) is 13.8 Å². The molecule has 0 bridgehead atoms. The second-order valence-electron chi connectivity index (χ2n) is 3.55. The van der Waals surface area contributed by atoms with Crippen molar-refractivity contribution in [1.82, 2.24) is 4.98 Å². The molecule has 0 N–H and O–H groups in total. The van der Waals surface area contributed by atoms with Gasteiger partial charge in [0, 0.05) is 10.9 Å². The molecule has 19 heavy (non-hydrogen) atoms. The van der Waals surface area contributed by atoms with Gasteiger partial charge in [-0.2, -0.15) is 5.26 Å². The molecule has 0 saturated heterocycles. The predicted molar refractivity (Wildman–Crippen MR) is 66.9 cm³/mol. The monoisotopic (exact) mass is 332 g/mol. The van der Waals surface area contributed by atoms with Crippen molar-refractivity contribution in [3.63, 3.8) is 0 Å². The number of carbonyl (C=O) groups is 1. The Labute approximate surface area is 117 Å². The minimum Gasteiger partial charge on any atom is -0.466 e. The van der Waals surface area contributed by atoms with Gasteiger partial charge in [0.15, 0.2) is 0 Å². The summed E-state index contributed by atoms with van der Waals surface area (Å²) in [6.45, 7) is 1.81. The lowest BCUT2D eigenvalue weighted by Gasteiger charge is -2.12. The number of alkyl halides is 3. The van der Waals surface area contributed by atoms with Gasteiger partial charge < -0.3 is 4.74 Å². The van der Waals surface area contributed by atoms with Gasteiger partial charge in [0.1, 0.15) is 11.8 Å². The first-order valence-corrected chi connectivity index (χ1v) is 6.58. The van der Waals surface area contributed by atoms with Crippen molar-refractivity contribution in [2.45, 2.75) is 25.1 Å². The zero-order valence-electron chi connectivity index (χ0n) is 10.1. The van der Waals surface area contributed by atoms with Crippen molar-refractivity contribution < 1.29 is 18.3 Å². The number of halogens is 3. The summed E-state index contributed by atoms with van der Waals surface area (Å²) in [6.07, 6.45) is -3.06. The third-order valence-corrected chi connectivity index (χ3v) is 2.88. The Bertz CT molecular complexity index is 515. The van der Waals surface area contributed by atoms with Crippen LogP contribution in [0.15, 0.2) is 6.07 Å². The number of aromatic nitrogens is 1. The zero-order chi connectivity index (χ0) is 14.4. The van der Waals surface area contributed by atoms with E-state index in [1.165, 1.54) is 0 Å². The molecule has 0 spiro atoms. The highest BCUT2D eigenvalue weighted by Gasteiger charge is 2.21. The van der Waals surface area contributed by atoms with Crippen LogP contribution in [0.5, 0.6) is 0 Å². The Balaban J connectivity index is 3.26. The van der Waals surface area contributed by atoms with Gasteiger partial charge in [0.2, 0.25) is 0 Å². The normalized spacial score (nSPS) is 10.3. The van der Waals surface area contributed by atoms with Crippen LogP contribution in [0.4, 0.5) is 8.78 Å². The van der Waals surface area contributed by atoms with Crippen molar-refractivity contribution in [2.75, 3.05) is 6.61 Å². The Hall–Kier alpha value is -1.55. The number of hydrogen-bond donors (Lipinski definition) is 0. The van der Waals surface area contributed by atoms with Crippen LogP contribution < -0.4 is 0 Å². The van der Waals surface area contributed by atoms with Crippen LogP contribution in [0, 0.1) is 11.3 Å². The number of nitriles is 1. The molecule has 0 unspecified atom stereocenters. The molecule has 0 radical (unpaired) electrons. The summed E-state index contributed by atoms with van der Waals surface area (Å²) in [7, 11) is 0. The Morgan fingerprint density at radius 2 is 2.32 bits per heavy atom. The Kier molecular flexibility index (Phi) is 5.83. The van der Waals surface area contributed by atoms with Gasteiger partial charge in [-0.3, -0.25) is 4.79 Å². The van der Waals surface area contributed by atoms with Gasteiger partial charge >= 0.3 is 5.97 Å². The Morgan fingerprint density at radius 1 is 1.63 bits per heavy atom. The van der Waals surface area contributed by atoms with E-state index in [4.69, 9.17) is 10.00 Å². The standard InChI is InChI=1S/C12H11BrF2N2O2/c1-2-19-11(18)4-8-9(12(14)15)3-7(6-16)17-10(8)5-13/h3,12H,2,4-5H2,1H3. The van der Waals surface area contributed by atoms with Crippen LogP contribution in [0.3, 0.4) is 0 Å². The van der Waals surface area contributed by atoms with E-state index in [1.807, 2.05) is 0 Å². The van der Waals surface area contributed by atoms with E-state index in [0.29, 0.717) is 0 Å². The average molecular weight is 333 g/mol. The summed E-state index contributed by atoms with van der Waals surface area (Å²) in [5.41, 5.74) is -0.0851. The van der Waals surface area contributed by atoms with E-state index in [2.05, 4.69) is 20.9 Å². The Morgan fingerprint density at radius 3 is 2.79 bits per heavy atom. The third-order valence-electron chi connectivity index (χ3n) is 2.35.